The number of ether oxygens (including phenoxy) is 2. The van der Waals surface area contributed by atoms with Crippen LogP contribution in [-0.2, 0) is 15.9 Å². The minimum absolute atomic E-state index is 0.124. The molecular formula is C21H32O3. The molecule has 1 atom stereocenters. The monoisotopic (exact) mass is 332 g/mol. The first-order valence-electron chi connectivity index (χ1n) is 9.68. The lowest BCUT2D eigenvalue weighted by molar-refractivity contribution is 0.0475. The van der Waals surface area contributed by atoms with Gasteiger partial charge in [0, 0.05) is 0 Å². The van der Waals surface area contributed by atoms with Gasteiger partial charge in [-0.2, -0.15) is 0 Å². The van der Waals surface area contributed by atoms with E-state index in [0.29, 0.717) is 13.2 Å². The molecule has 3 heteroatoms. The Kier molecular flexibility index (Phi) is 8.90. The number of epoxide rings is 1. The molecule has 0 spiro atoms. The highest BCUT2D eigenvalue weighted by Gasteiger charge is 2.25. The molecular weight excluding hydrogens is 300 g/mol. The van der Waals surface area contributed by atoms with Crippen molar-refractivity contribution in [3.8, 4) is 0 Å². The SMILES string of the molecule is CCCCCCCCCCCc1ccccc1C(=O)OCC1CO1. The summed E-state index contributed by atoms with van der Waals surface area (Å²) >= 11 is 0. The summed E-state index contributed by atoms with van der Waals surface area (Å²) < 4.78 is 10.4. The van der Waals surface area contributed by atoms with Crippen LogP contribution in [0.2, 0.25) is 0 Å². The summed E-state index contributed by atoms with van der Waals surface area (Å²) in [6, 6.07) is 7.84. The molecule has 0 aromatic heterocycles. The third kappa shape index (κ3) is 7.48. The van der Waals surface area contributed by atoms with Gasteiger partial charge in [0.15, 0.2) is 0 Å². The van der Waals surface area contributed by atoms with Crippen molar-refractivity contribution in [3.63, 3.8) is 0 Å². The lowest BCUT2D eigenvalue weighted by Crippen LogP contribution is -2.12. The van der Waals surface area contributed by atoms with Crippen LogP contribution >= 0.6 is 0 Å². The highest BCUT2D eigenvalue weighted by molar-refractivity contribution is 5.91. The van der Waals surface area contributed by atoms with E-state index in [4.69, 9.17) is 9.47 Å². The van der Waals surface area contributed by atoms with E-state index in [9.17, 15) is 4.79 Å². The quantitative estimate of drug-likeness (QED) is 0.279. The summed E-state index contributed by atoms with van der Waals surface area (Å²) in [5.74, 6) is -0.211. The molecule has 1 aromatic carbocycles. The van der Waals surface area contributed by atoms with Crippen LogP contribution in [0.4, 0.5) is 0 Å². The predicted molar refractivity (Wildman–Crippen MR) is 97.4 cm³/mol. The average molecular weight is 332 g/mol. The van der Waals surface area contributed by atoms with Crippen LogP contribution in [0.15, 0.2) is 24.3 Å². The van der Waals surface area contributed by atoms with Crippen molar-refractivity contribution in [3.05, 3.63) is 35.4 Å². The standard InChI is InChI=1S/C21H32O3/c1-2-3-4-5-6-7-8-9-10-13-18-14-11-12-15-20(18)21(22)24-17-19-16-23-19/h11-12,14-15,19H,2-10,13,16-17H2,1H3. The van der Waals surface area contributed by atoms with Gasteiger partial charge in [0.1, 0.15) is 12.7 Å². The molecule has 0 radical (unpaired) electrons. The van der Waals surface area contributed by atoms with E-state index in [2.05, 4.69) is 13.0 Å². The molecule has 1 unspecified atom stereocenters. The zero-order valence-electron chi connectivity index (χ0n) is 15.1. The van der Waals surface area contributed by atoms with Crippen LogP contribution in [0, 0.1) is 0 Å². The summed E-state index contributed by atoms with van der Waals surface area (Å²) in [6.07, 6.45) is 12.9. The molecule has 1 heterocycles. The summed E-state index contributed by atoms with van der Waals surface area (Å²) in [6.45, 7) is 3.35. The first-order chi connectivity index (χ1) is 11.8. The zero-order chi connectivity index (χ0) is 17.0. The Morgan fingerprint density at radius 3 is 2.33 bits per heavy atom. The highest BCUT2D eigenvalue weighted by atomic mass is 16.6. The van der Waals surface area contributed by atoms with Crippen molar-refractivity contribution in [2.24, 2.45) is 0 Å². The van der Waals surface area contributed by atoms with Crippen molar-refractivity contribution in [2.45, 2.75) is 77.2 Å². The van der Waals surface area contributed by atoms with Crippen LogP contribution in [-0.4, -0.2) is 25.3 Å². The number of hydrogen-bond donors (Lipinski definition) is 0. The van der Waals surface area contributed by atoms with Crippen LogP contribution in [0.3, 0.4) is 0 Å². The van der Waals surface area contributed by atoms with Crippen molar-refractivity contribution in [1.82, 2.24) is 0 Å². The van der Waals surface area contributed by atoms with E-state index in [-0.39, 0.29) is 12.1 Å². The largest absolute Gasteiger partial charge is 0.459 e. The van der Waals surface area contributed by atoms with Crippen molar-refractivity contribution < 1.29 is 14.3 Å². The molecule has 3 nitrogen and oxygen atoms in total. The normalized spacial score (nSPS) is 16.1. The number of rotatable bonds is 13. The van der Waals surface area contributed by atoms with Gasteiger partial charge < -0.3 is 9.47 Å². The Morgan fingerprint density at radius 1 is 1.04 bits per heavy atom. The summed E-state index contributed by atoms with van der Waals surface area (Å²) in [5.41, 5.74) is 1.83. The van der Waals surface area contributed by atoms with Crippen molar-refractivity contribution in [2.75, 3.05) is 13.2 Å². The number of carbonyl (C=O) groups is 1. The smallest absolute Gasteiger partial charge is 0.338 e. The lowest BCUT2D eigenvalue weighted by atomic mass is 10.00. The van der Waals surface area contributed by atoms with Gasteiger partial charge in [0.2, 0.25) is 0 Å². The second-order valence-electron chi connectivity index (χ2n) is 6.79. The van der Waals surface area contributed by atoms with Gasteiger partial charge in [0.25, 0.3) is 0 Å². The molecule has 1 aromatic rings. The molecule has 1 aliphatic rings. The van der Waals surface area contributed by atoms with Gasteiger partial charge in [-0.25, -0.2) is 4.79 Å². The maximum absolute atomic E-state index is 12.2. The third-order valence-corrected chi connectivity index (χ3v) is 4.59. The number of carbonyl (C=O) groups excluding carboxylic acids is 1. The second-order valence-corrected chi connectivity index (χ2v) is 6.79. The van der Waals surface area contributed by atoms with E-state index in [0.717, 1.165) is 24.0 Å². The van der Waals surface area contributed by atoms with Crippen LogP contribution in [0.25, 0.3) is 0 Å². The number of hydrogen-bond acceptors (Lipinski definition) is 3. The average Bonchev–Trinajstić information content (AvgIpc) is 3.43. The molecule has 0 saturated carbocycles. The topological polar surface area (TPSA) is 38.8 Å². The maximum atomic E-state index is 12.2. The number of esters is 1. The van der Waals surface area contributed by atoms with Gasteiger partial charge in [0.05, 0.1) is 12.2 Å². The van der Waals surface area contributed by atoms with Crippen molar-refractivity contribution >= 4 is 5.97 Å². The molecule has 1 fully saturated rings. The van der Waals surface area contributed by atoms with Gasteiger partial charge in [-0.15, -0.1) is 0 Å². The third-order valence-electron chi connectivity index (χ3n) is 4.59. The first-order valence-corrected chi connectivity index (χ1v) is 9.68. The van der Waals surface area contributed by atoms with E-state index >= 15 is 0 Å². The van der Waals surface area contributed by atoms with Gasteiger partial charge in [-0.05, 0) is 24.5 Å². The minimum Gasteiger partial charge on any atom is -0.459 e. The highest BCUT2D eigenvalue weighted by Crippen LogP contribution is 2.17. The zero-order valence-corrected chi connectivity index (χ0v) is 15.1. The molecule has 0 amide bonds. The lowest BCUT2D eigenvalue weighted by Gasteiger charge is -2.09. The Hall–Kier alpha value is -1.35. The molecule has 1 saturated heterocycles. The summed E-state index contributed by atoms with van der Waals surface area (Å²) in [5, 5.41) is 0. The van der Waals surface area contributed by atoms with E-state index in [1.807, 2.05) is 18.2 Å². The van der Waals surface area contributed by atoms with Crippen LogP contribution < -0.4 is 0 Å². The minimum atomic E-state index is -0.211. The Morgan fingerprint density at radius 2 is 1.67 bits per heavy atom. The van der Waals surface area contributed by atoms with Gasteiger partial charge >= 0.3 is 5.97 Å². The molecule has 0 N–H and O–H groups in total. The Balaban J connectivity index is 1.62. The molecule has 1 aliphatic heterocycles. The fourth-order valence-electron chi connectivity index (χ4n) is 2.97. The van der Waals surface area contributed by atoms with E-state index in [1.165, 1.54) is 51.4 Å². The number of unbranched alkanes of at least 4 members (excludes halogenated alkanes) is 8. The molecule has 0 aliphatic carbocycles. The molecule has 24 heavy (non-hydrogen) atoms. The van der Waals surface area contributed by atoms with Crippen LogP contribution in [0.5, 0.6) is 0 Å². The number of benzene rings is 1. The molecule has 134 valence electrons. The van der Waals surface area contributed by atoms with Crippen LogP contribution in [0.1, 0.15) is 80.6 Å². The van der Waals surface area contributed by atoms with Gasteiger partial charge in [-0.3, -0.25) is 0 Å². The first kappa shape index (κ1) is 19.0. The van der Waals surface area contributed by atoms with Gasteiger partial charge in [-0.1, -0.05) is 76.5 Å². The fraction of sp³-hybridized carbons (Fsp3) is 0.667. The van der Waals surface area contributed by atoms with E-state index < -0.39 is 0 Å². The Labute approximate surface area is 146 Å². The second kappa shape index (κ2) is 11.2. The maximum Gasteiger partial charge on any atom is 0.338 e. The summed E-state index contributed by atoms with van der Waals surface area (Å²) in [7, 11) is 0. The van der Waals surface area contributed by atoms with E-state index in [1.54, 1.807) is 0 Å². The predicted octanol–water partition coefficient (Wildman–Crippen LogP) is 5.32. The fourth-order valence-corrected chi connectivity index (χ4v) is 2.97. The molecule has 2 rings (SSSR count). The van der Waals surface area contributed by atoms with Crippen molar-refractivity contribution in [1.29, 1.82) is 0 Å². The number of aryl methyl sites for hydroxylation is 1. The summed E-state index contributed by atoms with van der Waals surface area (Å²) in [4.78, 5) is 12.2. The Bertz CT molecular complexity index is 480. The molecule has 0 bridgehead atoms.